The van der Waals surface area contributed by atoms with Gasteiger partial charge in [0, 0.05) is 29.2 Å². The first kappa shape index (κ1) is 16.2. The number of ketones is 1. The van der Waals surface area contributed by atoms with Crippen LogP contribution >= 0.6 is 0 Å². The summed E-state index contributed by atoms with van der Waals surface area (Å²) in [5.74, 6) is 0.0523. The number of amides is 1. The smallest absolute Gasteiger partial charge is 0.275 e. The normalized spacial score (nSPS) is 13.8. The summed E-state index contributed by atoms with van der Waals surface area (Å²) in [6, 6.07) is 7.51. The third-order valence-corrected chi connectivity index (χ3v) is 4.08. The molecule has 3 N–H and O–H groups in total. The molecule has 5 heteroatoms. The fraction of sp³-hybridized carbons (Fsp3) is 0.412. The Morgan fingerprint density at radius 3 is 2.68 bits per heavy atom. The number of fused-ring (bicyclic) bond motifs is 1. The molecule has 118 valence electrons. The summed E-state index contributed by atoms with van der Waals surface area (Å²) in [4.78, 5) is 28.7. The number of benzene rings is 1. The number of aromatic amines is 1. The Balaban J connectivity index is 2.18. The molecule has 1 unspecified atom stereocenters. The van der Waals surface area contributed by atoms with Crippen LogP contribution in [0.25, 0.3) is 10.9 Å². The van der Waals surface area contributed by atoms with E-state index in [1.807, 2.05) is 45.0 Å². The topological polar surface area (TPSA) is 66.4 Å². The van der Waals surface area contributed by atoms with Gasteiger partial charge in [0.05, 0.1) is 6.54 Å². The molecule has 0 spiro atoms. The van der Waals surface area contributed by atoms with Crippen LogP contribution < -0.4 is 10.2 Å². The Bertz CT molecular complexity index is 663. The van der Waals surface area contributed by atoms with Gasteiger partial charge in [0.15, 0.2) is 6.54 Å². The molecule has 2 aromatic rings. The number of aromatic nitrogens is 1. The van der Waals surface area contributed by atoms with Crippen LogP contribution in [0, 0.1) is 0 Å². The number of hydrogen-bond acceptors (Lipinski definition) is 2. The molecule has 0 saturated heterocycles. The Labute approximate surface area is 130 Å². The second-order valence-corrected chi connectivity index (χ2v) is 5.48. The van der Waals surface area contributed by atoms with Gasteiger partial charge in [-0.15, -0.1) is 0 Å². The lowest BCUT2D eigenvalue weighted by molar-refractivity contribution is -0.903. The number of carbonyl (C=O) groups excluding carboxylic acids is 2. The highest BCUT2D eigenvalue weighted by molar-refractivity contribution is 6.09. The van der Waals surface area contributed by atoms with Crippen LogP contribution in [0.3, 0.4) is 0 Å². The number of Topliss-reactive ketones (excluding diaryl/α,β-unsaturated/α-hetero) is 1. The third kappa shape index (κ3) is 3.36. The number of para-hydroxylation sites is 1. The number of likely N-dealkylation sites (N-methyl/N-ethyl adjacent to an activating group) is 2. The number of nitrogens with one attached hydrogen (secondary N) is 3. The third-order valence-electron chi connectivity index (χ3n) is 4.08. The van der Waals surface area contributed by atoms with Gasteiger partial charge in [-0.2, -0.15) is 0 Å². The van der Waals surface area contributed by atoms with Gasteiger partial charge in [-0.25, -0.2) is 0 Å². The molecule has 0 saturated carbocycles. The molecule has 0 fully saturated rings. The fourth-order valence-corrected chi connectivity index (χ4v) is 2.74. The van der Waals surface area contributed by atoms with Crippen LogP contribution in [0.5, 0.6) is 0 Å². The van der Waals surface area contributed by atoms with Crippen LogP contribution in [0.2, 0.25) is 0 Å². The number of rotatable bonds is 7. The fourth-order valence-electron chi connectivity index (χ4n) is 2.74. The van der Waals surface area contributed by atoms with E-state index in [1.54, 1.807) is 6.20 Å². The summed E-state index contributed by atoms with van der Waals surface area (Å²) in [5.41, 5.74) is 1.66. The maximum atomic E-state index is 12.8. The van der Waals surface area contributed by atoms with E-state index in [9.17, 15) is 9.59 Å². The molecule has 1 aromatic carbocycles. The molecule has 0 aliphatic rings. The molecule has 0 aliphatic carbocycles. The minimum absolute atomic E-state index is 0.0158. The molecule has 2 rings (SSSR count). The molecule has 5 nitrogen and oxygen atoms in total. The molecule has 1 heterocycles. The number of hydrogen-bond donors (Lipinski definition) is 3. The average molecular weight is 302 g/mol. The SMILES string of the molecule is CCNC(=O)C[NH+](CC)[C@H](C)C(=O)c1c[nH]c2ccccc12. The van der Waals surface area contributed by atoms with Crippen molar-refractivity contribution in [3.63, 3.8) is 0 Å². The van der Waals surface area contributed by atoms with Gasteiger partial charge in [0.25, 0.3) is 5.91 Å². The van der Waals surface area contributed by atoms with Gasteiger partial charge < -0.3 is 15.2 Å². The summed E-state index contributed by atoms with van der Waals surface area (Å²) < 4.78 is 0. The van der Waals surface area contributed by atoms with Crippen molar-refractivity contribution in [2.24, 2.45) is 0 Å². The Morgan fingerprint density at radius 1 is 1.27 bits per heavy atom. The highest BCUT2D eigenvalue weighted by Gasteiger charge is 2.28. The minimum Gasteiger partial charge on any atom is -0.360 e. The van der Waals surface area contributed by atoms with Gasteiger partial charge in [0.1, 0.15) is 6.04 Å². The largest absolute Gasteiger partial charge is 0.360 e. The standard InChI is InChI=1S/C17H23N3O2/c1-4-18-16(21)11-20(5-2)12(3)17(22)14-10-19-15-9-7-6-8-13(14)15/h6-10,12,19H,4-5,11H2,1-3H3,(H,18,21)/p+1/t12-/m1/s1. The molecule has 0 radical (unpaired) electrons. The van der Waals surface area contributed by atoms with E-state index < -0.39 is 0 Å². The van der Waals surface area contributed by atoms with Gasteiger partial charge in [0.2, 0.25) is 5.78 Å². The Morgan fingerprint density at radius 2 is 2.00 bits per heavy atom. The van der Waals surface area contributed by atoms with Crippen molar-refractivity contribution in [2.75, 3.05) is 19.6 Å². The summed E-state index contributed by atoms with van der Waals surface area (Å²) in [7, 11) is 0. The zero-order valence-corrected chi connectivity index (χ0v) is 13.4. The zero-order valence-electron chi connectivity index (χ0n) is 13.4. The van der Waals surface area contributed by atoms with Gasteiger partial charge in [-0.1, -0.05) is 18.2 Å². The molecular formula is C17H24N3O2+. The first-order valence-corrected chi connectivity index (χ1v) is 7.80. The van der Waals surface area contributed by atoms with Crippen molar-refractivity contribution in [3.05, 3.63) is 36.0 Å². The van der Waals surface area contributed by atoms with Gasteiger partial charge in [-0.05, 0) is 26.8 Å². The van der Waals surface area contributed by atoms with Crippen molar-refractivity contribution in [3.8, 4) is 0 Å². The lowest BCUT2D eigenvalue weighted by Gasteiger charge is -2.23. The van der Waals surface area contributed by atoms with Crippen LogP contribution in [0.1, 0.15) is 31.1 Å². The van der Waals surface area contributed by atoms with E-state index in [1.165, 1.54) is 0 Å². The van der Waals surface area contributed by atoms with E-state index in [2.05, 4.69) is 10.3 Å². The second-order valence-electron chi connectivity index (χ2n) is 5.48. The number of H-pyrrole nitrogens is 1. The van der Waals surface area contributed by atoms with Crippen LogP contribution in [-0.4, -0.2) is 42.4 Å². The van der Waals surface area contributed by atoms with Crippen molar-refractivity contribution in [1.29, 1.82) is 0 Å². The van der Waals surface area contributed by atoms with Crippen molar-refractivity contribution < 1.29 is 14.5 Å². The van der Waals surface area contributed by atoms with Crippen molar-refractivity contribution >= 4 is 22.6 Å². The highest BCUT2D eigenvalue weighted by Crippen LogP contribution is 2.18. The summed E-state index contributed by atoms with van der Waals surface area (Å²) in [6.07, 6.45) is 1.77. The summed E-state index contributed by atoms with van der Waals surface area (Å²) >= 11 is 0. The van der Waals surface area contributed by atoms with Crippen molar-refractivity contribution in [1.82, 2.24) is 10.3 Å². The van der Waals surface area contributed by atoms with Crippen LogP contribution in [-0.2, 0) is 4.79 Å². The average Bonchev–Trinajstić information content (AvgIpc) is 2.95. The van der Waals surface area contributed by atoms with Gasteiger partial charge in [-0.3, -0.25) is 9.59 Å². The first-order valence-electron chi connectivity index (χ1n) is 7.80. The molecule has 22 heavy (non-hydrogen) atoms. The maximum Gasteiger partial charge on any atom is 0.275 e. The highest BCUT2D eigenvalue weighted by atomic mass is 16.2. The van der Waals surface area contributed by atoms with Crippen LogP contribution in [0.4, 0.5) is 0 Å². The monoisotopic (exact) mass is 302 g/mol. The lowest BCUT2D eigenvalue weighted by atomic mass is 10.0. The number of carbonyl (C=O) groups is 2. The number of quaternary nitrogens is 1. The molecule has 0 aliphatic heterocycles. The molecule has 1 amide bonds. The minimum atomic E-state index is -0.258. The summed E-state index contributed by atoms with van der Waals surface area (Å²) in [6.45, 7) is 7.44. The van der Waals surface area contributed by atoms with E-state index in [-0.39, 0.29) is 17.7 Å². The molecule has 0 bridgehead atoms. The predicted molar refractivity (Wildman–Crippen MR) is 87.1 cm³/mol. The van der Waals surface area contributed by atoms with E-state index >= 15 is 0 Å². The quantitative estimate of drug-likeness (QED) is 0.662. The van der Waals surface area contributed by atoms with Crippen LogP contribution in [0.15, 0.2) is 30.5 Å². The maximum absolute atomic E-state index is 12.8. The first-order chi connectivity index (χ1) is 10.6. The summed E-state index contributed by atoms with van der Waals surface area (Å²) in [5, 5.41) is 3.73. The molecule has 2 atom stereocenters. The van der Waals surface area contributed by atoms with E-state index in [0.717, 1.165) is 22.3 Å². The van der Waals surface area contributed by atoms with E-state index in [4.69, 9.17) is 0 Å². The Hall–Kier alpha value is -2.14. The van der Waals surface area contributed by atoms with Gasteiger partial charge >= 0.3 is 0 Å². The molecular weight excluding hydrogens is 278 g/mol. The molecule has 1 aromatic heterocycles. The predicted octanol–water partition coefficient (Wildman–Crippen LogP) is 0.780. The van der Waals surface area contributed by atoms with Crippen molar-refractivity contribution in [2.45, 2.75) is 26.8 Å². The Kier molecular flexibility index (Phi) is 5.33. The zero-order chi connectivity index (χ0) is 16.1. The van der Waals surface area contributed by atoms with E-state index in [0.29, 0.717) is 18.7 Å². The lowest BCUT2D eigenvalue weighted by Crippen LogP contribution is -3.17. The second kappa shape index (κ2) is 7.22.